The Bertz CT molecular complexity index is 1380. The first-order valence-electron chi connectivity index (χ1n) is 15.7. The van der Waals surface area contributed by atoms with Crippen LogP contribution in [-0.4, -0.2) is 25.4 Å². The molecule has 43 heavy (non-hydrogen) atoms. The summed E-state index contributed by atoms with van der Waals surface area (Å²) >= 11 is 1.28. The number of amides is 3. The fourth-order valence-corrected chi connectivity index (χ4v) is 6.59. The Balaban J connectivity index is 1.24. The Morgan fingerprint density at radius 1 is 0.628 bits per heavy atom. The molecule has 0 aliphatic carbocycles. The van der Waals surface area contributed by atoms with Gasteiger partial charge >= 0.3 is 6.03 Å². The number of urea groups is 1. The van der Waals surface area contributed by atoms with Gasteiger partial charge in [0, 0.05) is 17.1 Å². The van der Waals surface area contributed by atoms with Crippen molar-refractivity contribution >= 4 is 55.2 Å². The van der Waals surface area contributed by atoms with Gasteiger partial charge in [-0.25, -0.2) is 17.9 Å². The topological polar surface area (TPSA) is 104 Å². The van der Waals surface area contributed by atoms with E-state index in [0.29, 0.717) is 11.4 Å². The summed E-state index contributed by atoms with van der Waals surface area (Å²) < 4.78 is 27.4. The Hall–Kier alpha value is -3.04. The van der Waals surface area contributed by atoms with Crippen molar-refractivity contribution in [2.75, 3.05) is 16.4 Å². The van der Waals surface area contributed by atoms with E-state index >= 15 is 0 Å². The lowest BCUT2D eigenvalue weighted by Crippen LogP contribution is -2.34. The Labute approximate surface area is 262 Å². The lowest BCUT2D eigenvalue weighted by atomic mass is 10.0. The third kappa shape index (κ3) is 13.4. The van der Waals surface area contributed by atoms with Gasteiger partial charge in [0.1, 0.15) is 0 Å². The third-order valence-corrected chi connectivity index (χ3v) is 9.56. The van der Waals surface area contributed by atoms with Gasteiger partial charge in [0.25, 0.3) is 15.3 Å². The Morgan fingerprint density at radius 2 is 1.14 bits per heavy atom. The zero-order valence-corrected chi connectivity index (χ0v) is 27.0. The predicted octanol–water partition coefficient (Wildman–Crippen LogP) is 10.1. The van der Waals surface area contributed by atoms with Gasteiger partial charge < -0.3 is 10.6 Å². The average Bonchev–Trinajstić information content (AvgIpc) is 2.99. The molecule has 0 radical (unpaired) electrons. The molecule has 0 atom stereocenters. The number of fused-ring (bicyclic) bond motifs is 1. The van der Waals surface area contributed by atoms with Gasteiger partial charge in [-0.05, 0) is 53.6 Å². The molecule has 3 amide bonds. The molecule has 234 valence electrons. The maximum absolute atomic E-state index is 12.7. The number of benzene rings is 3. The molecule has 7 nitrogen and oxygen atoms in total. The summed E-state index contributed by atoms with van der Waals surface area (Å²) in [6, 6.07) is 17.8. The van der Waals surface area contributed by atoms with E-state index in [1.165, 1.54) is 101 Å². The molecule has 0 bridgehead atoms. The number of nitrogens with one attached hydrogen (secondary N) is 3. The Morgan fingerprint density at radius 3 is 1.72 bits per heavy atom. The SMILES string of the molecule is CCCCCCCCCCCCCCCCSC(=O)Nc1ccc(NC(=O)NS(=O)(=O)c2ccc3ccccc3c2)cc1. The van der Waals surface area contributed by atoms with Crippen LogP contribution in [0.25, 0.3) is 10.8 Å². The van der Waals surface area contributed by atoms with Crippen molar-refractivity contribution in [3.05, 3.63) is 66.7 Å². The molecule has 0 aliphatic heterocycles. The quantitative estimate of drug-likeness (QED) is 0.115. The van der Waals surface area contributed by atoms with E-state index in [9.17, 15) is 18.0 Å². The van der Waals surface area contributed by atoms with Crippen LogP contribution in [0.1, 0.15) is 96.8 Å². The molecule has 0 aromatic heterocycles. The summed E-state index contributed by atoms with van der Waals surface area (Å²) in [4.78, 5) is 24.7. The lowest BCUT2D eigenvalue weighted by molar-refractivity contribution is 0.256. The molecule has 3 rings (SSSR count). The van der Waals surface area contributed by atoms with E-state index in [-0.39, 0.29) is 10.1 Å². The fraction of sp³-hybridized carbons (Fsp3) is 0.471. The second kappa shape index (κ2) is 19.3. The summed E-state index contributed by atoms with van der Waals surface area (Å²) in [5, 5.41) is 6.93. The fourth-order valence-electron chi connectivity index (χ4n) is 4.92. The van der Waals surface area contributed by atoms with Crippen LogP contribution >= 0.6 is 11.8 Å². The van der Waals surface area contributed by atoms with Crippen LogP contribution in [0.5, 0.6) is 0 Å². The average molecular weight is 626 g/mol. The largest absolute Gasteiger partial charge is 0.333 e. The zero-order valence-electron chi connectivity index (χ0n) is 25.4. The maximum atomic E-state index is 12.7. The van der Waals surface area contributed by atoms with Crippen LogP contribution < -0.4 is 15.4 Å². The van der Waals surface area contributed by atoms with E-state index in [0.717, 1.165) is 29.4 Å². The minimum Gasteiger partial charge on any atom is -0.317 e. The molecule has 0 aliphatic rings. The number of carbonyl (C=O) groups is 2. The number of anilines is 2. The molecule has 0 spiro atoms. The van der Waals surface area contributed by atoms with Crippen molar-refractivity contribution in [2.24, 2.45) is 0 Å². The summed E-state index contributed by atoms with van der Waals surface area (Å²) in [6.07, 6.45) is 18.4. The first-order chi connectivity index (χ1) is 20.9. The van der Waals surface area contributed by atoms with Gasteiger partial charge in [0.2, 0.25) is 0 Å². The number of hydrogen-bond donors (Lipinski definition) is 3. The second-order valence-electron chi connectivity index (χ2n) is 11.0. The summed E-state index contributed by atoms with van der Waals surface area (Å²) in [5.74, 6) is 0.787. The molecule has 3 aromatic carbocycles. The summed E-state index contributed by atoms with van der Waals surface area (Å²) in [7, 11) is -4.04. The van der Waals surface area contributed by atoms with Crippen molar-refractivity contribution in [3.8, 4) is 0 Å². The van der Waals surface area contributed by atoms with Crippen molar-refractivity contribution < 1.29 is 18.0 Å². The van der Waals surface area contributed by atoms with E-state index in [4.69, 9.17) is 0 Å². The minimum atomic E-state index is -4.04. The molecule has 0 heterocycles. The number of rotatable bonds is 19. The minimum absolute atomic E-state index is 0.00555. The van der Waals surface area contributed by atoms with Crippen LogP contribution in [0.15, 0.2) is 71.6 Å². The van der Waals surface area contributed by atoms with Crippen LogP contribution in [0, 0.1) is 0 Å². The lowest BCUT2D eigenvalue weighted by Gasteiger charge is -2.10. The maximum Gasteiger partial charge on any atom is 0.333 e. The highest BCUT2D eigenvalue weighted by Gasteiger charge is 2.18. The van der Waals surface area contributed by atoms with E-state index in [1.54, 1.807) is 30.3 Å². The smallest absolute Gasteiger partial charge is 0.317 e. The van der Waals surface area contributed by atoms with Crippen LogP contribution in [-0.2, 0) is 10.0 Å². The standard InChI is InChI=1S/C34H47N3O4S2/c1-2-3-4-5-6-7-8-9-10-11-12-13-14-17-26-42-34(39)36-31-23-21-30(22-24-31)35-33(38)37-43(40,41)32-25-20-28-18-15-16-19-29(28)27-32/h15-16,18-25,27H,2-14,17,26H2,1H3,(H,36,39)(H2,35,37,38). The highest BCUT2D eigenvalue weighted by atomic mass is 32.2. The van der Waals surface area contributed by atoms with Gasteiger partial charge in [0.15, 0.2) is 0 Å². The molecule has 0 saturated carbocycles. The molecule has 0 unspecified atom stereocenters. The molecular formula is C34H47N3O4S2. The summed E-state index contributed by atoms with van der Waals surface area (Å²) in [6.45, 7) is 2.26. The van der Waals surface area contributed by atoms with Gasteiger partial charge in [-0.2, -0.15) is 0 Å². The molecule has 3 N–H and O–H groups in total. The van der Waals surface area contributed by atoms with Crippen molar-refractivity contribution in [1.29, 1.82) is 0 Å². The van der Waals surface area contributed by atoms with Crippen molar-refractivity contribution in [2.45, 2.75) is 102 Å². The first-order valence-corrected chi connectivity index (χ1v) is 18.2. The van der Waals surface area contributed by atoms with Gasteiger partial charge in [-0.1, -0.05) is 132 Å². The normalized spacial score (nSPS) is 11.4. The van der Waals surface area contributed by atoms with Crippen LogP contribution in [0.3, 0.4) is 0 Å². The van der Waals surface area contributed by atoms with Gasteiger partial charge in [-0.3, -0.25) is 4.79 Å². The van der Waals surface area contributed by atoms with Crippen LogP contribution in [0.2, 0.25) is 0 Å². The number of hydrogen-bond acceptors (Lipinski definition) is 5. The van der Waals surface area contributed by atoms with E-state index in [2.05, 4.69) is 17.6 Å². The number of sulfonamides is 1. The monoisotopic (exact) mass is 625 g/mol. The van der Waals surface area contributed by atoms with Crippen LogP contribution in [0.4, 0.5) is 21.0 Å². The molecule has 0 saturated heterocycles. The molecule has 9 heteroatoms. The highest BCUT2D eigenvalue weighted by Crippen LogP contribution is 2.20. The Kier molecular flexibility index (Phi) is 15.4. The second-order valence-corrected chi connectivity index (χ2v) is 13.8. The number of thioether (sulfide) groups is 1. The highest BCUT2D eigenvalue weighted by molar-refractivity contribution is 8.13. The van der Waals surface area contributed by atoms with Gasteiger partial charge in [-0.15, -0.1) is 0 Å². The summed E-state index contributed by atoms with van der Waals surface area (Å²) in [5.41, 5.74) is 1.01. The number of carbonyl (C=O) groups excluding carboxylic acids is 2. The molecule has 0 fully saturated rings. The molecular weight excluding hydrogens is 579 g/mol. The molecule has 3 aromatic rings. The first kappa shape index (κ1) is 34.5. The van der Waals surface area contributed by atoms with E-state index < -0.39 is 16.1 Å². The number of unbranched alkanes of at least 4 members (excludes halogenated alkanes) is 13. The predicted molar refractivity (Wildman–Crippen MR) is 182 cm³/mol. The zero-order chi connectivity index (χ0) is 30.8. The van der Waals surface area contributed by atoms with Crippen molar-refractivity contribution in [1.82, 2.24) is 4.72 Å². The van der Waals surface area contributed by atoms with Gasteiger partial charge in [0.05, 0.1) is 4.90 Å². The third-order valence-electron chi connectivity index (χ3n) is 7.38. The van der Waals surface area contributed by atoms with Crippen molar-refractivity contribution in [3.63, 3.8) is 0 Å². The van der Waals surface area contributed by atoms with E-state index in [1.807, 2.05) is 29.0 Å².